The van der Waals surface area contributed by atoms with Gasteiger partial charge in [0.25, 0.3) is 0 Å². The molecule has 1 nitrogen and oxygen atoms in total. The Morgan fingerprint density at radius 3 is 2.77 bits per heavy atom. The van der Waals surface area contributed by atoms with E-state index >= 15 is 0 Å². The van der Waals surface area contributed by atoms with Gasteiger partial charge in [0.05, 0.1) is 0 Å². The lowest BCUT2D eigenvalue weighted by Gasteiger charge is -2.03. The van der Waals surface area contributed by atoms with Crippen molar-refractivity contribution in [3.05, 3.63) is 36.4 Å². The van der Waals surface area contributed by atoms with Gasteiger partial charge in [0, 0.05) is 4.90 Å². The van der Waals surface area contributed by atoms with Gasteiger partial charge in [0.15, 0.2) is 0 Å². The van der Waals surface area contributed by atoms with Crippen LogP contribution in [-0.4, -0.2) is 11.4 Å². The average molecular weight is 190 g/mol. The quantitative estimate of drug-likeness (QED) is 0.696. The Morgan fingerprint density at radius 1 is 1.15 bits per heavy atom. The second-order valence-electron chi connectivity index (χ2n) is 2.87. The van der Waals surface area contributed by atoms with E-state index < -0.39 is 0 Å². The Morgan fingerprint density at radius 2 is 2.00 bits per heavy atom. The number of aromatic hydroxyl groups is 1. The van der Waals surface area contributed by atoms with Crippen LogP contribution in [0.25, 0.3) is 10.8 Å². The van der Waals surface area contributed by atoms with Crippen LogP contribution in [0.15, 0.2) is 41.3 Å². The van der Waals surface area contributed by atoms with Crippen molar-refractivity contribution in [1.29, 1.82) is 0 Å². The van der Waals surface area contributed by atoms with E-state index in [1.165, 1.54) is 10.3 Å². The number of benzene rings is 2. The SMILES string of the molecule is CSc1cccc2cc(O)ccc12. The number of fused-ring (bicyclic) bond motifs is 1. The zero-order valence-corrected chi connectivity index (χ0v) is 8.14. The first-order valence-corrected chi connectivity index (χ1v) is 5.29. The molecule has 2 aromatic carbocycles. The Hall–Kier alpha value is -1.15. The van der Waals surface area contributed by atoms with Crippen LogP contribution in [0.5, 0.6) is 5.75 Å². The summed E-state index contributed by atoms with van der Waals surface area (Å²) in [6.45, 7) is 0. The predicted octanol–water partition coefficient (Wildman–Crippen LogP) is 3.27. The molecule has 0 aliphatic heterocycles. The smallest absolute Gasteiger partial charge is 0.116 e. The molecule has 0 radical (unpaired) electrons. The van der Waals surface area contributed by atoms with E-state index in [-0.39, 0.29) is 0 Å². The summed E-state index contributed by atoms with van der Waals surface area (Å²) in [4.78, 5) is 1.25. The van der Waals surface area contributed by atoms with Gasteiger partial charge < -0.3 is 5.11 Å². The predicted molar refractivity (Wildman–Crippen MR) is 57.4 cm³/mol. The maximum Gasteiger partial charge on any atom is 0.116 e. The van der Waals surface area contributed by atoms with Crippen molar-refractivity contribution in [1.82, 2.24) is 0 Å². The molecule has 0 heterocycles. The normalized spacial score (nSPS) is 10.5. The summed E-state index contributed by atoms with van der Waals surface area (Å²) in [5, 5.41) is 11.6. The monoisotopic (exact) mass is 190 g/mol. The maximum absolute atomic E-state index is 9.29. The highest BCUT2D eigenvalue weighted by Crippen LogP contribution is 2.28. The highest BCUT2D eigenvalue weighted by atomic mass is 32.2. The van der Waals surface area contributed by atoms with Crippen molar-refractivity contribution in [2.45, 2.75) is 4.90 Å². The standard InChI is InChI=1S/C11H10OS/c1-13-11-4-2-3-8-7-9(12)5-6-10(8)11/h2-7,12H,1H3. The molecular formula is C11H10OS. The van der Waals surface area contributed by atoms with Crippen LogP contribution in [0.2, 0.25) is 0 Å². The number of thioether (sulfide) groups is 1. The van der Waals surface area contributed by atoms with Crippen LogP contribution in [0, 0.1) is 0 Å². The second-order valence-corrected chi connectivity index (χ2v) is 3.71. The Bertz CT molecular complexity index is 437. The fraction of sp³-hybridized carbons (Fsp3) is 0.0909. The number of phenolic OH excluding ortho intramolecular Hbond substituents is 1. The molecule has 0 unspecified atom stereocenters. The summed E-state index contributed by atoms with van der Waals surface area (Å²) < 4.78 is 0. The molecule has 66 valence electrons. The van der Waals surface area contributed by atoms with E-state index in [2.05, 4.69) is 12.3 Å². The fourth-order valence-electron chi connectivity index (χ4n) is 1.42. The summed E-state index contributed by atoms with van der Waals surface area (Å²) >= 11 is 1.72. The first-order valence-electron chi connectivity index (χ1n) is 4.07. The average Bonchev–Trinajstić information content (AvgIpc) is 2.16. The number of hydrogen-bond donors (Lipinski definition) is 1. The molecule has 0 saturated carbocycles. The lowest BCUT2D eigenvalue weighted by molar-refractivity contribution is 0.476. The van der Waals surface area contributed by atoms with E-state index in [1.54, 1.807) is 23.9 Å². The third kappa shape index (κ3) is 1.49. The van der Waals surface area contributed by atoms with Gasteiger partial charge in [-0.15, -0.1) is 11.8 Å². The molecule has 0 aromatic heterocycles. The maximum atomic E-state index is 9.29. The van der Waals surface area contributed by atoms with Gasteiger partial charge >= 0.3 is 0 Å². The molecule has 0 bridgehead atoms. The van der Waals surface area contributed by atoms with E-state index in [0.29, 0.717) is 5.75 Å². The molecule has 0 aliphatic carbocycles. The molecular weight excluding hydrogens is 180 g/mol. The minimum absolute atomic E-state index is 0.325. The van der Waals surface area contributed by atoms with E-state index in [0.717, 1.165) is 5.39 Å². The molecule has 2 heteroatoms. The van der Waals surface area contributed by atoms with Gasteiger partial charge in [-0.05, 0) is 41.3 Å². The molecule has 0 saturated heterocycles. The van der Waals surface area contributed by atoms with Crippen LogP contribution < -0.4 is 0 Å². The largest absolute Gasteiger partial charge is 0.508 e. The molecule has 0 amide bonds. The molecule has 0 fully saturated rings. The van der Waals surface area contributed by atoms with Gasteiger partial charge in [-0.1, -0.05) is 12.1 Å². The minimum atomic E-state index is 0.325. The van der Waals surface area contributed by atoms with Crippen molar-refractivity contribution in [3.8, 4) is 5.75 Å². The molecule has 0 atom stereocenters. The summed E-state index contributed by atoms with van der Waals surface area (Å²) in [7, 11) is 0. The van der Waals surface area contributed by atoms with Crippen LogP contribution in [0.4, 0.5) is 0 Å². The Balaban J connectivity index is 2.77. The molecule has 0 aliphatic rings. The zero-order valence-electron chi connectivity index (χ0n) is 7.32. The van der Waals surface area contributed by atoms with Crippen molar-refractivity contribution >= 4 is 22.5 Å². The van der Waals surface area contributed by atoms with E-state index in [4.69, 9.17) is 0 Å². The van der Waals surface area contributed by atoms with Gasteiger partial charge in [-0.3, -0.25) is 0 Å². The number of rotatable bonds is 1. The summed E-state index contributed by atoms with van der Waals surface area (Å²) in [6.07, 6.45) is 2.06. The third-order valence-corrected chi connectivity index (χ3v) is 2.84. The van der Waals surface area contributed by atoms with Crippen LogP contribution in [0.1, 0.15) is 0 Å². The van der Waals surface area contributed by atoms with Crippen LogP contribution in [0.3, 0.4) is 0 Å². The van der Waals surface area contributed by atoms with Crippen LogP contribution >= 0.6 is 11.8 Å². The lowest BCUT2D eigenvalue weighted by Crippen LogP contribution is -1.75. The number of phenols is 1. The molecule has 0 spiro atoms. The highest BCUT2D eigenvalue weighted by Gasteiger charge is 1.99. The molecule has 2 aromatic rings. The Kier molecular flexibility index (Phi) is 2.15. The van der Waals surface area contributed by atoms with Gasteiger partial charge in [-0.2, -0.15) is 0 Å². The first kappa shape index (κ1) is 8.45. The van der Waals surface area contributed by atoms with Gasteiger partial charge in [0.1, 0.15) is 5.75 Å². The first-order chi connectivity index (χ1) is 6.31. The van der Waals surface area contributed by atoms with Crippen LogP contribution in [-0.2, 0) is 0 Å². The van der Waals surface area contributed by atoms with E-state index in [1.807, 2.05) is 18.2 Å². The minimum Gasteiger partial charge on any atom is -0.508 e. The topological polar surface area (TPSA) is 20.2 Å². The highest BCUT2D eigenvalue weighted by molar-refractivity contribution is 7.98. The summed E-state index contributed by atoms with van der Waals surface area (Å²) in [6, 6.07) is 11.6. The van der Waals surface area contributed by atoms with Gasteiger partial charge in [0.2, 0.25) is 0 Å². The van der Waals surface area contributed by atoms with Crippen molar-refractivity contribution in [2.75, 3.05) is 6.26 Å². The number of hydrogen-bond acceptors (Lipinski definition) is 2. The lowest BCUT2D eigenvalue weighted by atomic mass is 10.1. The molecule has 13 heavy (non-hydrogen) atoms. The zero-order chi connectivity index (χ0) is 9.26. The third-order valence-electron chi connectivity index (χ3n) is 2.04. The van der Waals surface area contributed by atoms with Crippen molar-refractivity contribution < 1.29 is 5.11 Å². The van der Waals surface area contributed by atoms with E-state index in [9.17, 15) is 5.11 Å². The van der Waals surface area contributed by atoms with Crippen molar-refractivity contribution in [2.24, 2.45) is 0 Å². The van der Waals surface area contributed by atoms with Crippen molar-refractivity contribution in [3.63, 3.8) is 0 Å². The summed E-state index contributed by atoms with van der Waals surface area (Å²) in [5.41, 5.74) is 0. The second kappa shape index (κ2) is 3.30. The molecule has 2 rings (SSSR count). The Labute approximate surface area is 81.4 Å². The summed E-state index contributed by atoms with van der Waals surface area (Å²) in [5.74, 6) is 0.325. The van der Waals surface area contributed by atoms with Gasteiger partial charge in [-0.25, -0.2) is 0 Å². The molecule has 1 N–H and O–H groups in total. The fourth-order valence-corrected chi connectivity index (χ4v) is 2.04.